The molecule has 1 N–H and O–H groups in total. The molecule has 37 heavy (non-hydrogen) atoms. The molecule has 4 rings (SSSR count). The maximum atomic E-state index is 13.2. The van der Waals surface area contributed by atoms with E-state index in [1.54, 1.807) is 0 Å². The minimum atomic E-state index is -4.81. The molecule has 0 atom stereocenters. The molecule has 2 aliphatic rings. The predicted octanol–water partition coefficient (Wildman–Crippen LogP) is 5.01. The van der Waals surface area contributed by atoms with Crippen LogP contribution in [0.4, 0.5) is 30.2 Å². The molecular weight excluding hydrogens is 489 g/mol. The van der Waals surface area contributed by atoms with E-state index in [9.17, 15) is 28.1 Å². The van der Waals surface area contributed by atoms with E-state index < -0.39 is 22.4 Å². The Balaban J connectivity index is 1.20. The van der Waals surface area contributed by atoms with Crippen molar-refractivity contribution in [1.29, 1.82) is 0 Å². The van der Waals surface area contributed by atoms with Crippen molar-refractivity contribution in [2.75, 3.05) is 43.0 Å². The van der Waals surface area contributed by atoms with Crippen LogP contribution >= 0.6 is 0 Å². The van der Waals surface area contributed by atoms with E-state index in [0.717, 1.165) is 30.9 Å². The number of nitro groups is 1. The first-order chi connectivity index (χ1) is 17.6. The number of carbonyl (C=O) groups is 1. The fourth-order valence-corrected chi connectivity index (χ4v) is 4.87. The van der Waals surface area contributed by atoms with Crippen molar-refractivity contribution in [1.82, 2.24) is 4.90 Å². The van der Waals surface area contributed by atoms with Crippen molar-refractivity contribution in [3.05, 3.63) is 63.7 Å². The van der Waals surface area contributed by atoms with E-state index >= 15 is 0 Å². The first kappa shape index (κ1) is 26.7. The summed E-state index contributed by atoms with van der Waals surface area (Å²) in [5, 5.41) is 14.0. The summed E-state index contributed by atoms with van der Waals surface area (Å²) >= 11 is 0. The molecule has 1 heterocycles. The zero-order valence-corrected chi connectivity index (χ0v) is 20.7. The summed E-state index contributed by atoms with van der Waals surface area (Å²) in [6, 6.07) is 11.2. The molecule has 0 radical (unpaired) electrons. The second kappa shape index (κ2) is 11.4. The summed E-state index contributed by atoms with van der Waals surface area (Å²) in [5.74, 6) is -0.0330. The second-order valence-electron chi connectivity index (χ2n) is 9.62. The summed E-state index contributed by atoms with van der Waals surface area (Å²) in [7, 11) is 0. The van der Waals surface area contributed by atoms with Gasteiger partial charge in [-0.1, -0.05) is 17.7 Å². The molecule has 1 aliphatic heterocycles. The van der Waals surface area contributed by atoms with Gasteiger partial charge < -0.3 is 19.9 Å². The molecule has 8 nitrogen and oxygen atoms in total. The molecule has 2 aromatic rings. The van der Waals surface area contributed by atoms with Crippen molar-refractivity contribution in [2.24, 2.45) is 0 Å². The number of carbonyl (C=O) groups excluding carboxylic acids is 1. The highest BCUT2D eigenvalue weighted by Crippen LogP contribution is 2.38. The molecule has 0 spiro atoms. The first-order valence-electron chi connectivity index (χ1n) is 12.4. The van der Waals surface area contributed by atoms with Gasteiger partial charge in [-0.3, -0.25) is 14.9 Å². The maximum Gasteiger partial charge on any atom is 0.423 e. The van der Waals surface area contributed by atoms with E-state index in [1.807, 2.05) is 4.90 Å². The number of amides is 1. The fourth-order valence-electron chi connectivity index (χ4n) is 4.87. The van der Waals surface area contributed by atoms with Crippen molar-refractivity contribution in [3.63, 3.8) is 0 Å². The third kappa shape index (κ3) is 6.91. The van der Waals surface area contributed by atoms with Crippen molar-refractivity contribution >= 4 is 23.0 Å². The lowest BCUT2D eigenvalue weighted by molar-refractivity contribution is -0.388. The van der Waals surface area contributed by atoms with Crippen LogP contribution in [0.15, 0.2) is 42.5 Å². The zero-order chi connectivity index (χ0) is 26.6. The topological polar surface area (TPSA) is 88.0 Å². The van der Waals surface area contributed by atoms with Crippen molar-refractivity contribution in [3.8, 4) is 0 Å². The average Bonchev–Trinajstić information content (AvgIpc) is 2.88. The molecule has 1 saturated heterocycles. The smallest absolute Gasteiger partial charge is 0.382 e. The molecule has 1 amide bonds. The summed E-state index contributed by atoms with van der Waals surface area (Å²) in [5.41, 5.74) is 0.334. The van der Waals surface area contributed by atoms with Crippen LogP contribution in [-0.4, -0.2) is 60.7 Å². The van der Waals surface area contributed by atoms with Crippen LogP contribution in [0.5, 0.6) is 0 Å². The van der Waals surface area contributed by atoms with Crippen LogP contribution in [0, 0.1) is 17.0 Å². The van der Waals surface area contributed by atoms with Gasteiger partial charge in [0.25, 0.3) is 5.69 Å². The van der Waals surface area contributed by atoms with Gasteiger partial charge in [0.1, 0.15) is 12.2 Å². The Kier molecular flexibility index (Phi) is 8.21. The number of aryl methyl sites for hydroxylation is 1. The minimum Gasteiger partial charge on any atom is -0.382 e. The minimum absolute atomic E-state index is 0.0184. The number of benzene rings is 2. The van der Waals surface area contributed by atoms with Crippen LogP contribution in [-0.2, 0) is 15.7 Å². The highest BCUT2D eigenvalue weighted by molar-refractivity contribution is 5.77. The molecule has 0 aromatic heterocycles. The highest BCUT2D eigenvalue weighted by atomic mass is 19.4. The maximum absolute atomic E-state index is 13.2. The van der Waals surface area contributed by atoms with Gasteiger partial charge >= 0.3 is 6.18 Å². The number of nitro benzene ring substituents is 1. The van der Waals surface area contributed by atoms with Crippen LogP contribution in [0.3, 0.4) is 0 Å². The van der Waals surface area contributed by atoms with Crippen LogP contribution in [0.2, 0.25) is 0 Å². The van der Waals surface area contributed by atoms with Gasteiger partial charge in [0.15, 0.2) is 0 Å². The molecule has 2 aromatic carbocycles. The molecule has 11 heteroatoms. The van der Waals surface area contributed by atoms with Gasteiger partial charge in [-0.2, -0.15) is 13.2 Å². The Morgan fingerprint density at radius 1 is 1.05 bits per heavy atom. The Morgan fingerprint density at radius 3 is 2.30 bits per heavy atom. The largest absolute Gasteiger partial charge is 0.423 e. The number of nitrogens with zero attached hydrogens (tertiary/aromatic N) is 3. The fraction of sp³-hybridized carbons (Fsp3) is 0.500. The zero-order valence-electron chi connectivity index (χ0n) is 20.7. The SMILES string of the molecule is Cc1ccc(N2CCN(C(=O)CO[C@H]3CC[C@@H](Nc4ccc([N+](=O)[O-])c(C(F)(F)F)c4)CC3)CC2)cc1. The quantitative estimate of drug-likeness (QED) is 0.408. The van der Waals surface area contributed by atoms with E-state index in [1.165, 1.54) is 11.6 Å². The van der Waals surface area contributed by atoms with Gasteiger partial charge in [-0.15, -0.1) is 0 Å². The van der Waals surface area contributed by atoms with Gasteiger partial charge in [0.2, 0.25) is 5.91 Å². The molecule has 1 aliphatic carbocycles. The van der Waals surface area contributed by atoms with Crippen LogP contribution in [0.25, 0.3) is 0 Å². The number of alkyl halides is 3. The van der Waals surface area contributed by atoms with E-state index in [4.69, 9.17) is 4.74 Å². The third-order valence-electron chi connectivity index (χ3n) is 7.02. The van der Waals surface area contributed by atoms with Gasteiger partial charge in [-0.05, 0) is 56.9 Å². The van der Waals surface area contributed by atoms with Gasteiger partial charge in [0, 0.05) is 49.7 Å². The lowest BCUT2D eigenvalue weighted by atomic mass is 9.92. The highest BCUT2D eigenvalue weighted by Gasteiger charge is 2.38. The molecule has 200 valence electrons. The Labute approximate surface area is 213 Å². The Bertz CT molecular complexity index is 1090. The third-order valence-corrected chi connectivity index (χ3v) is 7.02. The summed E-state index contributed by atoms with van der Waals surface area (Å²) < 4.78 is 45.6. The van der Waals surface area contributed by atoms with E-state index in [-0.39, 0.29) is 30.3 Å². The van der Waals surface area contributed by atoms with Crippen molar-refractivity contribution < 1.29 is 27.6 Å². The van der Waals surface area contributed by atoms with E-state index in [2.05, 4.69) is 41.4 Å². The van der Waals surface area contributed by atoms with Gasteiger partial charge in [-0.25, -0.2) is 0 Å². The number of ether oxygens (including phenoxy) is 1. The van der Waals surface area contributed by atoms with Crippen LogP contribution in [0.1, 0.15) is 36.8 Å². The number of nitrogens with one attached hydrogen (secondary N) is 1. The second-order valence-corrected chi connectivity index (χ2v) is 9.62. The lowest BCUT2D eigenvalue weighted by Crippen LogP contribution is -2.50. The Hall–Kier alpha value is -3.34. The number of hydrogen-bond acceptors (Lipinski definition) is 6. The number of piperazine rings is 1. The Morgan fingerprint density at radius 2 is 1.70 bits per heavy atom. The number of hydrogen-bond donors (Lipinski definition) is 1. The first-order valence-corrected chi connectivity index (χ1v) is 12.4. The number of anilines is 2. The number of rotatable bonds is 7. The van der Waals surface area contributed by atoms with E-state index in [0.29, 0.717) is 38.8 Å². The molecule has 1 saturated carbocycles. The summed E-state index contributed by atoms with van der Waals surface area (Å²) in [6.45, 7) is 4.89. The molecular formula is C26H31F3N4O4. The molecule has 0 bridgehead atoms. The van der Waals surface area contributed by atoms with Gasteiger partial charge in [0.05, 0.1) is 11.0 Å². The molecule has 0 unspecified atom stereocenters. The lowest BCUT2D eigenvalue weighted by Gasteiger charge is -2.36. The monoisotopic (exact) mass is 520 g/mol. The van der Waals surface area contributed by atoms with Crippen LogP contribution < -0.4 is 10.2 Å². The standard InChI is InChI=1S/C26H31F3N4O4/c1-18-2-7-21(8-3-18)31-12-14-32(15-13-31)25(34)17-37-22-9-4-19(5-10-22)30-20-6-11-24(33(35)36)23(16-20)26(27,28)29/h2-3,6-8,11,16,19,22,30H,4-5,9-10,12-15,17H2,1H3/t19-,22+. The van der Waals surface area contributed by atoms with Crippen molar-refractivity contribution in [2.45, 2.75) is 50.9 Å². The normalized spacial score (nSPS) is 20.5. The summed E-state index contributed by atoms with van der Waals surface area (Å²) in [6.07, 6.45) is -2.24. The predicted molar refractivity (Wildman–Crippen MR) is 134 cm³/mol. The average molecular weight is 521 g/mol. The summed E-state index contributed by atoms with van der Waals surface area (Å²) in [4.78, 5) is 26.7. The molecule has 2 fully saturated rings. The number of halogens is 3.